The van der Waals surface area contributed by atoms with Gasteiger partial charge in [0.05, 0.1) is 6.04 Å². The number of carbonyl (C=O) groups excluding carboxylic acids is 3. The molecular formula is C33H32N4O5. The second-order valence-corrected chi connectivity index (χ2v) is 11.3. The van der Waals surface area contributed by atoms with Gasteiger partial charge < -0.3 is 30.0 Å². The molecule has 4 aromatic rings. The topological polar surface area (TPSA) is 113 Å². The monoisotopic (exact) mass is 564 g/mol. The van der Waals surface area contributed by atoms with E-state index in [1.807, 2.05) is 80.6 Å². The van der Waals surface area contributed by atoms with E-state index in [9.17, 15) is 14.4 Å². The second-order valence-electron chi connectivity index (χ2n) is 11.3. The molecule has 3 aliphatic heterocycles. The molecule has 0 saturated carbocycles. The summed E-state index contributed by atoms with van der Waals surface area (Å²) in [5.74, 6) is 0.422. The van der Waals surface area contributed by atoms with Crippen LogP contribution in [0.3, 0.4) is 0 Å². The molecule has 3 amide bonds. The first-order valence-corrected chi connectivity index (χ1v) is 14.4. The predicted octanol–water partition coefficient (Wildman–Crippen LogP) is 4.21. The summed E-state index contributed by atoms with van der Waals surface area (Å²) >= 11 is 0. The van der Waals surface area contributed by atoms with Gasteiger partial charge in [-0.2, -0.15) is 0 Å². The van der Waals surface area contributed by atoms with Crippen molar-refractivity contribution in [3.8, 4) is 11.5 Å². The lowest BCUT2D eigenvalue weighted by Gasteiger charge is -2.38. The molecule has 0 saturated heterocycles. The van der Waals surface area contributed by atoms with E-state index in [2.05, 4.69) is 15.6 Å². The van der Waals surface area contributed by atoms with Crippen LogP contribution in [0.2, 0.25) is 0 Å². The van der Waals surface area contributed by atoms with Crippen molar-refractivity contribution >= 4 is 28.6 Å². The van der Waals surface area contributed by atoms with Crippen molar-refractivity contribution in [2.24, 2.45) is 5.92 Å². The Morgan fingerprint density at radius 1 is 1.05 bits per heavy atom. The Labute approximate surface area is 243 Å². The number of fused-ring (bicyclic) bond motifs is 8. The molecule has 9 nitrogen and oxygen atoms in total. The van der Waals surface area contributed by atoms with Crippen LogP contribution < -0.4 is 20.1 Å². The highest BCUT2D eigenvalue weighted by molar-refractivity contribution is 6.04. The molecule has 0 bridgehead atoms. The van der Waals surface area contributed by atoms with Crippen LogP contribution in [0.4, 0.5) is 0 Å². The molecule has 4 atom stereocenters. The van der Waals surface area contributed by atoms with Crippen molar-refractivity contribution < 1.29 is 23.9 Å². The van der Waals surface area contributed by atoms with Gasteiger partial charge in [-0.25, -0.2) is 0 Å². The molecule has 3 aromatic carbocycles. The van der Waals surface area contributed by atoms with E-state index in [0.717, 1.165) is 33.3 Å². The van der Waals surface area contributed by atoms with Crippen molar-refractivity contribution in [1.29, 1.82) is 0 Å². The van der Waals surface area contributed by atoms with E-state index < -0.39 is 18.1 Å². The van der Waals surface area contributed by atoms with Gasteiger partial charge in [-0.1, -0.05) is 62.7 Å². The Hall–Kier alpha value is -4.79. The number of hydrogen-bond acceptors (Lipinski definition) is 5. The number of aromatic amines is 1. The molecule has 9 heteroatoms. The molecule has 4 heterocycles. The van der Waals surface area contributed by atoms with E-state index in [1.165, 1.54) is 0 Å². The summed E-state index contributed by atoms with van der Waals surface area (Å²) < 4.78 is 10.8. The van der Waals surface area contributed by atoms with E-state index in [0.29, 0.717) is 29.9 Å². The number of rotatable bonds is 7. The maximum atomic E-state index is 14.1. The Balaban J connectivity index is 1.17. The maximum absolute atomic E-state index is 14.1. The Morgan fingerprint density at radius 2 is 1.83 bits per heavy atom. The first kappa shape index (κ1) is 26.1. The molecule has 7 rings (SSSR count). The van der Waals surface area contributed by atoms with Crippen LogP contribution in [-0.4, -0.2) is 46.5 Å². The SMILES string of the molecule is CC[C@@H](C)[C@H](NC(=O)[C@@H]1Cc2c([nH]c3ccccc23)[C@H]2c3ccccc3C(=O)N21)C(=O)NCc1ccc2c(c1)OCO2. The van der Waals surface area contributed by atoms with E-state index in [4.69, 9.17) is 9.47 Å². The van der Waals surface area contributed by atoms with Crippen molar-refractivity contribution in [3.05, 3.63) is 94.7 Å². The third-order valence-corrected chi connectivity index (χ3v) is 8.85. The van der Waals surface area contributed by atoms with E-state index in [-0.39, 0.29) is 37.0 Å². The molecule has 0 unspecified atom stereocenters. The maximum Gasteiger partial charge on any atom is 0.255 e. The minimum absolute atomic E-state index is 0.125. The van der Waals surface area contributed by atoms with Crippen molar-refractivity contribution in [2.75, 3.05) is 6.79 Å². The Kier molecular flexibility index (Phi) is 6.37. The smallest absolute Gasteiger partial charge is 0.255 e. The summed E-state index contributed by atoms with van der Waals surface area (Å²) in [7, 11) is 0. The summed E-state index contributed by atoms with van der Waals surface area (Å²) in [4.78, 5) is 46.6. The summed E-state index contributed by atoms with van der Waals surface area (Å²) in [6.07, 6.45) is 1.05. The predicted molar refractivity (Wildman–Crippen MR) is 156 cm³/mol. The van der Waals surface area contributed by atoms with Gasteiger partial charge in [0.2, 0.25) is 18.6 Å². The molecule has 0 spiro atoms. The molecule has 0 radical (unpaired) electrons. The summed E-state index contributed by atoms with van der Waals surface area (Å²) in [5, 5.41) is 7.07. The van der Waals surface area contributed by atoms with Crippen molar-refractivity contribution in [2.45, 2.75) is 51.4 Å². The zero-order valence-corrected chi connectivity index (χ0v) is 23.5. The fraction of sp³-hybridized carbons (Fsp3) is 0.303. The number of nitrogens with zero attached hydrogens (tertiary/aromatic N) is 1. The third kappa shape index (κ3) is 4.19. The first-order chi connectivity index (χ1) is 20.4. The Morgan fingerprint density at radius 3 is 2.69 bits per heavy atom. The molecule has 3 aliphatic rings. The van der Waals surface area contributed by atoms with E-state index >= 15 is 0 Å². The lowest BCUT2D eigenvalue weighted by molar-refractivity contribution is -0.133. The average Bonchev–Trinajstić information content (AvgIpc) is 3.72. The van der Waals surface area contributed by atoms with E-state index in [1.54, 1.807) is 4.90 Å². The fourth-order valence-electron chi connectivity index (χ4n) is 6.44. The van der Waals surface area contributed by atoms with Crippen LogP contribution in [0.15, 0.2) is 66.7 Å². The number of benzene rings is 3. The van der Waals surface area contributed by atoms with Gasteiger partial charge in [0.1, 0.15) is 12.1 Å². The third-order valence-electron chi connectivity index (χ3n) is 8.85. The zero-order valence-electron chi connectivity index (χ0n) is 23.5. The largest absolute Gasteiger partial charge is 0.454 e. The average molecular weight is 565 g/mol. The number of nitrogens with one attached hydrogen (secondary N) is 3. The minimum Gasteiger partial charge on any atom is -0.454 e. The highest BCUT2D eigenvalue weighted by Gasteiger charge is 2.49. The molecule has 0 fully saturated rings. The van der Waals surface area contributed by atoms with Gasteiger partial charge in [0.15, 0.2) is 11.5 Å². The quantitative estimate of drug-likeness (QED) is 0.311. The second kappa shape index (κ2) is 10.2. The number of amides is 3. The first-order valence-electron chi connectivity index (χ1n) is 14.4. The van der Waals surface area contributed by atoms with Gasteiger partial charge in [0, 0.05) is 35.1 Å². The van der Waals surface area contributed by atoms with Gasteiger partial charge in [-0.3, -0.25) is 14.4 Å². The molecule has 42 heavy (non-hydrogen) atoms. The molecular weight excluding hydrogens is 532 g/mol. The van der Waals surface area contributed by atoms with Gasteiger partial charge in [-0.05, 0) is 46.9 Å². The number of carbonyl (C=O) groups is 3. The molecule has 0 aliphatic carbocycles. The number of hydrogen-bond donors (Lipinski definition) is 3. The van der Waals surface area contributed by atoms with Gasteiger partial charge >= 0.3 is 0 Å². The highest BCUT2D eigenvalue weighted by Crippen LogP contribution is 2.46. The molecule has 1 aromatic heterocycles. The summed E-state index contributed by atoms with van der Waals surface area (Å²) in [5.41, 5.74) is 5.30. The lowest BCUT2D eigenvalue weighted by atomic mass is 9.89. The van der Waals surface area contributed by atoms with Crippen LogP contribution in [0.25, 0.3) is 10.9 Å². The van der Waals surface area contributed by atoms with Crippen molar-refractivity contribution in [1.82, 2.24) is 20.5 Å². The van der Waals surface area contributed by atoms with Crippen LogP contribution >= 0.6 is 0 Å². The van der Waals surface area contributed by atoms with Crippen LogP contribution in [0, 0.1) is 5.92 Å². The van der Waals surface area contributed by atoms with Crippen LogP contribution in [0.1, 0.15) is 59.1 Å². The number of para-hydroxylation sites is 1. The zero-order chi connectivity index (χ0) is 29.0. The lowest BCUT2D eigenvalue weighted by Crippen LogP contribution is -2.58. The van der Waals surface area contributed by atoms with Gasteiger partial charge in [-0.15, -0.1) is 0 Å². The standard InChI is InChI=1S/C33H32N4O5/c1-3-18(2)28(32(39)34-16-19-12-13-26-27(14-19)42-17-41-26)36-31(38)25-15-23-20-8-6-7-11-24(20)35-29(23)30-21-9-4-5-10-22(21)33(40)37(25)30/h4-14,18,25,28,30,35H,3,15-17H2,1-2H3,(H,34,39)(H,36,38)/t18-,25+,28+,30-/m1/s1. The molecule has 214 valence electrons. The summed E-state index contributed by atoms with van der Waals surface area (Å²) in [6, 6.07) is 19.2. The summed E-state index contributed by atoms with van der Waals surface area (Å²) in [6.45, 7) is 4.40. The van der Waals surface area contributed by atoms with Crippen molar-refractivity contribution in [3.63, 3.8) is 0 Å². The normalized spacial score (nSPS) is 19.6. The number of aromatic nitrogens is 1. The Bertz CT molecular complexity index is 1730. The number of H-pyrrole nitrogens is 1. The van der Waals surface area contributed by atoms with Gasteiger partial charge in [0.25, 0.3) is 5.91 Å². The minimum atomic E-state index is -0.769. The van der Waals surface area contributed by atoms with Crippen LogP contribution in [0.5, 0.6) is 11.5 Å². The highest BCUT2D eigenvalue weighted by atomic mass is 16.7. The van der Waals surface area contributed by atoms with Crippen LogP contribution in [-0.2, 0) is 22.6 Å². The fourth-order valence-corrected chi connectivity index (χ4v) is 6.44. The number of ether oxygens (including phenoxy) is 2. The molecule has 3 N–H and O–H groups in total.